The van der Waals surface area contributed by atoms with Gasteiger partial charge >= 0.3 is 0 Å². The van der Waals surface area contributed by atoms with Gasteiger partial charge in [-0.3, -0.25) is 24.1 Å². The fourth-order valence-corrected chi connectivity index (χ4v) is 3.56. The van der Waals surface area contributed by atoms with E-state index in [-0.39, 0.29) is 42.0 Å². The molecule has 0 spiro atoms. The summed E-state index contributed by atoms with van der Waals surface area (Å²) in [5.41, 5.74) is 0.877. The number of nitrogens with zero attached hydrogens (tertiary/aromatic N) is 2. The number of hydrogen-bond acceptors (Lipinski definition) is 4. The first kappa shape index (κ1) is 18.1. The van der Waals surface area contributed by atoms with E-state index in [2.05, 4.69) is 5.32 Å². The van der Waals surface area contributed by atoms with Gasteiger partial charge in [0.2, 0.25) is 11.8 Å². The number of carbonyl (C=O) groups is 4. The minimum atomic E-state index is -0.275. The largest absolute Gasteiger partial charge is 0.355 e. The summed E-state index contributed by atoms with van der Waals surface area (Å²) in [5.74, 6) is -0.798. The van der Waals surface area contributed by atoms with E-state index in [0.717, 1.165) is 0 Å². The van der Waals surface area contributed by atoms with Crippen molar-refractivity contribution in [2.24, 2.45) is 11.8 Å². The highest BCUT2D eigenvalue weighted by Gasteiger charge is 2.35. The molecule has 1 aromatic rings. The maximum absolute atomic E-state index is 12.6. The van der Waals surface area contributed by atoms with Crippen LogP contribution in [0.15, 0.2) is 24.3 Å². The number of benzene rings is 1. The molecule has 7 nitrogen and oxygen atoms in total. The maximum atomic E-state index is 12.6. The van der Waals surface area contributed by atoms with E-state index in [1.807, 2.05) is 6.92 Å². The molecule has 2 unspecified atom stereocenters. The number of nitrogens with one attached hydrogen (secondary N) is 1. The fraction of sp³-hybridized carbons (Fsp3) is 0.474. The first-order valence-corrected chi connectivity index (χ1v) is 8.87. The molecular formula is C19H23N3O4. The quantitative estimate of drug-likeness (QED) is 0.794. The van der Waals surface area contributed by atoms with Gasteiger partial charge in [0.1, 0.15) is 0 Å². The molecule has 1 fully saturated rings. The van der Waals surface area contributed by atoms with E-state index in [0.29, 0.717) is 37.1 Å². The molecule has 0 bridgehead atoms. The highest BCUT2D eigenvalue weighted by molar-refractivity contribution is 6.21. The van der Waals surface area contributed by atoms with Crippen LogP contribution in [-0.2, 0) is 9.59 Å². The number of hydrogen-bond donors (Lipinski definition) is 1. The maximum Gasteiger partial charge on any atom is 0.261 e. The Hall–Kier alpha value is -2.70. The van der Waals surface area contributed by atoms with Gasteiger partial charge in [-0.05, 0) is 24.5 Å². The highest BCUT2D eigenvalue weighted by Crippen LogP contribution is 2.23. The van der Waals surface area contributed by atoms with Crippen LogP contribution in [0.2, 0.25) is 0 Å². The van der Waals surface area contributed by atoms with Crippen molar-refractivity contribution in [2.75, 3.05) is 26.7 Å². The smallest absolute Gasteiger partial charge is 0.261 e. The van der Waals surface area contributed by atoms with Crippen molar-refractivity contribution in [2.45, 2.75) is 19.8 Å². The predicted molar refractivity (Wildman–Crippen MR) is 94.3 cm³/mol. The Morgan fingerprint density at radius 3 is 2.38 bits per heavy atom. The first-order chi connectivity index (χ1) is 12.4. The average molecular weight is 357 g/mol. The molecule has 26 heavy (non-hydrogen) atoms. The number of imide groups is 1. The molecule has 2 aliphatic heterocycles. The van der Waals surface area contributed by atoms with Gasteiger partial charge in [-0.25, -0.2) is 0 Å². The van der Waals surface area contributed by atoms with Crippen molar-refractivity contribution in [1.82, 2.24) is 15.1 Å². The van der Waals surface area contributed by atoms with E-state index in [1.165, 1.54) is 4.90 Å². The van der Waals surface area contributed by atoms with Gasteiger partial charge in [0.15, 0.2) is 0 Å². The zero-order valence-electron chi connectivity index (χ0n) is 15.0. The molecule has 1 saturated heterocycles. The summed E-state index contributed by atoms with van der Waals surface area (Å²) in [7, 11) is 1.72. The van der Waals surface area contributed by atoms with Crippen LogP contribution in [0.4, 0.5) is 0 Å². The van der Waals surface area contributed by atoms with Crippen LogP contribution in [0.25, 0.3) is 0 Å². The molecule has 3 rings (SSSR count). The fourth-order valence-electron chi connectivity index (χ4n) is 3.56. The molecule has 0 radical (unpaired) electrons. The van der Waals surface area contributed by atoms with Crippen LogP contribution in [-0.4, -0.2) is 60.1 Å². The molecule has 138 valence electrons. The number of amides is 4. The van der Waals surface area contributed by atoms with Crippen molar-refractivity contribution < 1.29 is 19.2 Å². The Balaban J connectivity index is 1.52. The molecule has 1 aromatic carbocycles. The normalized spacial score (nSPS) is 22.2. The summed E-state index contributed by atoms with van der Waals surface area (Å²) in [4.78, 5) is 51.5. The molecule has 4 amide bonds. The van der Waals surface area contributed by atoms with Gasteiger partial charge in [-0.15, -0.1) is 0 Å². The minimum Gasteiger partial charge on any atom is -0.355 e. The second-order valence-corrected chi connectivity index (χ2v) is 7.01. The molecule has 2 aliphatic rings. The van der Waals surface area contributed by atoms with E-state index in [9.17, 15) is 19.2 Å². The number of piperidine rings is 1. The van der Waals surface area contributed by atoms with Crippen LogP contribution in [0.5, 0.6) is 0 Å². The van der Waals surface area contributed by atoms with Crippen molar-refractivity contribution in [3.8, 4) is 0 Å². The Bertz CT molecular complexity index is 726. The summed E-state index contributed by atoms with van der Waals surface area (Å²) >= 11 is 0. The van der Waals surface area contributed by atoms with Crippen LogP contribution >= 0.6 is 0 Å². The molecule has 1 N–H and O–H groups in total. The zero-order valence-corrected chi connectivity index (χ0v) is 15.0. The molecule has 7 heteroatoms. The third-order valence-corrected chi connectivity index (χ3v) is 5.16. The van der Waals surface area contributed by atoms with Gasteiger partial charge in [-0.2, -0.15) is 0 Å². The molecule has 0 aromatic heterocycles. The third kappa shape index (κ3) is 3.34. The van der Waals surface area contributed by atoms with E-state index in [4.69, 9.17) is 0 Å². The molecule has 2 atom stereocenters. The predicted octanol–water partition coefficient (Wildman–Crippen LogP) is 0.903. The second-order valence-electron chi connectivity index (χ2n) is 7.01. The van der Waals surface area contributed by atoms with Gasteiger partial charge in [0.05, 0.1) is 17.0 Å². The SMILES string of the molecule is CC1CC(=O)NCC1C(=O)N(C)CCCN1C(=O)c2ccccc2C1=O. The lowest BCUT2D eigenvalue weighted by molar-refractivity contribution is -0.138. The topological polar surface area (TPSA) is 86.8 Å². The minimum absolute atomic E-state index is 0.00920. The van der Waals surface area contributed by atoms with Crippen molar-refractivity contribution >= 4 is 23.6 Å². The van der Waals surface area contributed by atoms with Gasteiger partial charge < -0.3 is 10.2 Å². The van der Waals surface area contributed by atoms with Crippen molar-refractivity contribution in [1.29, 1.82) is 0 Å². The Morgan fingerprint density at radius 1 is 1.19 bits per heavy atom. The lowest BCUT2D eigenvalue weighted by atomic mass is 9.86. The number of rotatable bonds is 5. The lowest BCUT2D eigenvalue weighted by Crippen LogP contribution is -2.48. The van der Waals surface area contributed by atoms with E-state index >= 15 is 0 Å². The standard InChI is InChI=1S/C19H23N3O4/c1-12-10-16(23)20-11-15(12)17(24)21(2)8-5-9-22-18(25)13-6-3-4-7-14(13)19(22)26/h3-4,6-7,12,15H,5,8-11H2,1-2H3,(H,20,23). The van der Waals surface area contributed by atoms with Crippen molar-refractivity contribution in [3.63, 3.8) is 0 Å². The number of fused-ring (bicyclic) bond motifs is 1. The van der Waals surface area contributed by atoms with Gasteiger partial charge in [0, 0.05) is 33.1 Å². The summed E-state index contributed by atoms with van der Waals surface area (Å²) in [5, 5.41) is 2.74. The van der Waals surface area contributed by atoms with Gasteiger partial charge in [0.25, 0.3) is 11.8 Å². The summed E-state index contributed by atoms with van der Waals surface area (Å²) < 4.78 is 0. The molecule has 2 heterocycles. The highest BCUT2D eigenvalue weighted by atomic mass is 16.2. The molecular weight excluding hydrogens is 334 g/mol. The van der Waals surface area contributed by atoms with E-state index < -0.39 is 0 Å². The lowest BCUT2D eigenvalue weighted by Gasteiger charge is -2.31. The average Bonchev–Trinajstić information content (AvgIpc) is 2.86. The summed E-state index contributed by atoms with van der Waals surface area (Å²) in [6, 6.07) is 6.79. The Morgan fingerprint density at radius 2 is 1.81 bits per heavy atom. The Labute approximate surface area is 152 Å². The Kier molecular flexibility index (Phi) is 5.06. The van der Waals surface area contributed by atoms with Crippen LogP contribution in [0.3, 0.4) is 0 Å². The third-order valence-electron chi connectivity index (χ3n) is 5.16. The van der Waals surface area contributed by atoms with Crippen LogP contribution in [0, 0.1) is 11.8 Å². The van der Waals surface area contributed by atoms with Gasteiger partial charge in [-0.1, -0.05) is 19.1 Å². The summed E-state index contributed by atoms with van der Waals surface area (Å²) in [6.07, 6.45) is 0.875. The van der Waals surface area contributed by atoms with Crippen molar-refractivity contribution in [3.05, 3.63) is 35.4 Å². The summed E-state index contributed by atoms with van der Waals surface area (Å²) in [6.45, 7) is 3.00. The monoisotopic (exact) mass is 357 g/mol. The number of carbonyl (C=O) groups excluding carboxylic acids is 4. The van der Waals surface area contributed by atoms with Crippen LogP contribution in [0.1, 0.15) is 40.5 Å². The zero-order chi connectivity index (χ0) is 18.8. The first-order valence-electron chi connectivity index (χ1n) is 8.87. The molecule has 0 aliphatic carbocycles. The van der Waals surface area contributed by atoms with Crippen LogP contribution < -0.4 is 5.32 Å². The molecule has 0 saturated carbocycles. The second kappa shape index (κ2) is 7.27. The van der Waals surface area contributed by atoms with E-state index in [1.54, 1.807) is 36.2 Å².